The van der Waals surface area contributed by atoms with Crippen LogP contribution >= 0.6 is 11.3 Å². The van der Waals surface area contributed by atoms with E-state index in [0.717, 1.165) is 16.5 Å². The summed E-state index contributed by atoms with van der Waals surface area (Å²) in [5, 5.41) is 23.6. The number of nitriles is 2. The summed E-state index contributed by atoms with van der Waals surface area (Å²) in [6.45, 7) is 3.74. The van der Waals surface area contributed by atoms with Crippen molar-refractivity contribution < 1.29 is 9.13 Å². The summed E-state index contributed by atoms with van der Waals surface area (Å²) in [6.07, 6.45) is 0. The number of ether oxygens (including phenoxy) is 1. The molecule has 0 unspecified atom stereocenters. The number of aromatic nitrogens is 2. The van der Waals surface area contributed by atoms with Crippen molar-refractivity contribution in [3.63, 3.8) is 0 Å². The van der Waals surface area contributed by atoms with E-state index in [4.69, 9.17) is 15.3 Å². The molecule has 4 aromatic rings. The number of nitrogens with one attached hydrogen (secondary N) is 1. The van der Waals surface area contributed by atoms with E-state index < -0.39 is 5.82 Å². The molecule has 0 bridgehead atoms. The summed E-state index contributed by atoms with van der Waals surface area (Å²) >= 11 is 1.43. The predicted molar refractivity (Wildman–Crippen MR) is 113 cm³/mol. The molecule has 0 saturated carbocycles. The molecular formula is C22H14FN5OS. The van der Waals surface area contributed by atoms with Crippen molar-refractivity contribution in [3.8, 4) is 23.8 Å². The Balaban J connectivity index is 1.73. The predicted octanol–water partition coefficient (Wildman–Crippen LogP) is 5.73. The fraction of sp³-hybridized carbons (Fsp3) is 0.0909. The zero-order valence-electron chi connectivity index (χ0n) is 16.0. The van der Waals surface area contributed by atoms with E-state index >= 15 is 0 Å². The van der Waals surface area contributed by atoms with Crippen molar-refractivity contribution in [2.75, 3.05) is 5.32 Å². The van der Waals surface area contributed by atoms with Crippen LogP contribution in [0.2, 0.25) is 0 Å². The molecule has 0 saturated heterocycles. The lowest BCUT2D eigenvalue weighted by Gasteiger charge is -2.13. The molecule has 30 heavy (non-hydrogen) atoms. The number of benzene rings is 2. The number of anilines is 2. The first kappa shape index (κ1) is 19.3. The van der Waals surface area contributed by atoms with Crippen molar-refractivity contribution in [1.82, 2.24) is 9.97 Å². The number of nitrogens with zero attached hydrogens (tertiary/aromatic N) is 4. The first-order valence-electron chi connectivity index (χ1n) is 8.89. The maximum absolute atomic E-state index is 13.9. The summed E-state index contributed by atoms with van der Waals surface area (Å²) in [5.41, 5.74) is 2.57. The average Bonchev–Trinajstić information content (AvgIpc) is 3.19. The Bertz CT molecular complexity index is 1340. The fourth-order valence-electron chi connectivity index (χ4n) is 3.05. The van der Waals surface area contributed by atoms with Crippen LogP contribution in [0.15, 0.2) is 41.8 Å². The van der Waals surface area contributed by atoms with Gasteiger partial charge in [-0.1, -0.05) is 0 Å². The number of rotatable bonds is 4. The Morgan fingerprint density at radius 1 is 1.03 bits per heavy atom. The van der Waals surface area contributed by atoms with Gasteiger partial charge in [-0.2, -0.15) is 15.5 Å². The van der Waals surface area contributed by atoms with Crippen LogP contribution in [0.1, 0.15) is 22.3 Å². The fourth-order valence-corrected chi connectivity index (χ4v) is 3.80. The normalized spacial score (nSPS) is 10.4. The third-order valence-corrected chi connectivity index (χ3v) is 5.23. The van der Waals surface area contributed by atoms with E-state index in [0.29, 0.717) is 27.7 Å². The van der Waals surface area contributed by atoms with Crippen molar-refractivity contribution >= 4 is 33.2 Å². The van der Waals surface area contributed by atoms with E-state index in [1.807, 2.05) is 25.3 Å². The largest absolute Gasteiger partial charge is 0.438 e. The Morgan fingerprint density at radius 3 is 2.47 bits per heavy atom. The topological polar surface area (TPSA) is 94.6 Å². The molecule has 1 N–H and O–H groups in total. The molecule has 4 rings (SSSR count). The van der Waals surface area contributed by atoms with Gasteiger partial charge in [0.15, 0.2) is 0 Å². The van der Waals surface area contributed by atoms with E-state index in [9.17, 15) is 4.39 Å². The van der Waals surface area contributed by atoms with Gasteiger partial charge < -0.3 is 10.1 Å². The van der Waals surface area contributed by atoms with Crippen LogP contribution in [0.25, 0.3) is 10.2 Å². The Labute approximate surface area is 175 Å². The van der Waals surface area contributed by atoms with Gasteiger partial charge in [0.2, 0.25) is 11.8 Å². The van der Waals surface area contributed by atoms with E-state index in [1.54, 1.807) is 24.3 Å². The first-order chi connectivity index (χ1) is 14.5. The van der Waals surface area contributed by atoms with Crippen LogP contribution in [0.5, 0.6) is 11.6 Å². The lowest BCUT2D eigenvalue weighted by molar-refractivity contribution is 0.462. The maximum Gasteiger partial charge on any atom is 0.232 e. The molecule has 0 aliphatic rings. The molecule has 0 atom stereocenters. The highest BCUT2D eigenvalue weighted by Crippen LogP contribution is 2.35. The lowest BCUT2D eigenvalue weighted by atomic mass is 10.1. The zero-order valence-corrected chi connectivity index (χ0v) is 16.8. The number of fused-ring (bicyclic) bond motifs is 1. The molecule has 2 aromatic heterocycles. The van der Waals surface area contributed by atoms with Crippen molar-refractivity contribution in [3.05, 3.63) is 69.8 Å². The molecular weight excluding hydrogens is 401 g/mol. The molecule has 8 heteroatoms. The van der Waals surface area contributed by atoms with Gasteiger partial charge in [0, 0.05) is 5.69 Å². The SMILES string of the molecule is Cc1cc(C#N)cc(C)c1Oc1nc(Nc2ccc(C#N)c(F)c2)nc2sccc12. The second-order valence-corrected chi connectivity index (χ2v) is 7.47. The summed E-state index contributed by atoms with van der Waals surface area (Å²) < 4.78 is 20.1. The van der Waals surface area contributed by atoms with Crippen LogP contribution in [-0.4, -0.2) is 9.97 Å². The number of hydrogen-bond donors (Lipinski definition) is 1. The van der Waals surface area contributed by atoms with Gasteiger partial charge in [-0.05, 0) is 66.8 Å². The number of hydrogen-bond acceptors (Lipinski definition) is 7. The quantitative estimate of drug-likeness (QED) is 0.458. The smallest absolute Gasteiger partial charge is 0.232 e. The van der Waals surface area contributed by atoms with E-state index in [2.05, 4.69) is 21.4 Å². The molecule has 2 heterocycles. The lowest BCUT2D eigenvalue weighted by Crippen LogP contribution is -2.01. The van der Waals surface area contributed by atoms with Gasteiger partial charge in [0.05, 0.1) is 22.6 Å². The highest BCUT2D eigenvalue weighted by atomic mass is 32.1. The van der Waals surface area contributed by atoms with Gasteiger partial charge in [-0.15, -0.1) is 11.3 Å². The molecule has 0 fully saturated rings. The van der Waals surface area contributed by atoms with Gasteiger partial charge in [-0.25, -0.2) is 9.37 Å². The average molecular weight is 415 g/mol. The maximum atomic E-state index is 13.9. The third-order valence-electron chi connectivity index (χ3n) is 4.42. The third kappa shape index (κ3) is 3.64. The van der Waals surface area contributed by atoms with Crippen molar-refractivity contribution in [1.29, 1.82) is 10.5 Å². The van der Waals surface area contributed by atoms with Crippen molar-refractivity contribution in [2.45, 2.75) is 13.8 Å². The molecule has 0 aliphatic heterocycles. The molecule has 2 aromatic carbocycles. The molecule has 6 nitrogen and oxygen atoms in total. The molecule has 0 aliphatic carbocycles. The molecule has 0 amide bonds. The van der Waals surface area contributed by atoms with Gasteiger partial charge in [-0.3, -0.25) is 0 Å². The number of aryl methyl sites for hydroxylation is 2. The highest BCUT2D eigenvalue weighted by molar-refractivity contribution is 7.16. The van der Waals surface area contributed by atoms with Gasteiger partial charge >= 0.3 is 0 Å². The van der Waals surface area contributed by atoms with Gasteiger partial charge in [0.1, 0.15) is 22.5 Å². The second kappa shape index (κ2) is 7.78. The number of halogens is 1. The van der Waals surface area contributed by atoms with E-state index in [1.165, 1.54) is 23.5 Å². The standard InChI is InChI=1S/C22H14FN5OS/c1-12-7-14(10-24)8-13(2)19(12)29-20-17-5-6-30-21(17)28-22(27-20)26-16-4-3-15(11-25)18(23)9-16/h3-9H,1-2H3,(H,26,27,28). The Hall–Kier alpha value is -4.01. The summed E-state index contributed by atoms with van der Waals surface area (Å²) in [4.78, 5) is 9.64. The van der Waals surface area contributed by atoms with Crippen LogP contribution in [-0.2, 0) is 0 Å². The highest BCUT2D eigenvalue weighted by Gasteiger charge is 2.15. The van der Waals surface area contributed by atoms with Crippen LogP contribution in [0, 0.1) is 42.3 Å². The van der Waals surface area contributed by atoms with Crippen LogP contribution in [0.4, 0.5) is 16.0 Å². The first-order valence-corrected chi connectivity index (χ1v) is 9.77. The summed E-state index contributed by atoms with van der Waals surface area (Å²) in [7, 11) is 0. The van der Waals surface area contributed by atoms with Crippen molar-refractivity contribution in [2.24, 2.45) is 0 Å². The molecule has 0 radical (unpaired) electrons. The summed E-state index contributed by atoms with van der Waals surface area (Å²) in [5.74, 6) is 0.595. The second-order valence-electron chi connectivity index (χ2n) is 6.58. The minimum absolute atomic E-state index is 0.0361. The minimum atomic E-state index is -0.625. The zero-order chi connectivity index (χ0) is 21.3. The summed E-state index contributed by atoms with van der Waals surface area (Å²) in [6, 6.07) is 13.5. The Kier molecular flexibility index (Phi) is 5.01. The number of thiophene rings is 1. The van der Waals surface area contributed by atoms with Crippen LogP contribution < -0.4 is 10.1 Å². The minimum Gasteiger partial charge on any atom is -0.438 e. The molecule has 146 valence electrons. The van der Waals surface area contributed by atoms with Crippen LogP contribution in [0.3, 0.4) is 0 Å². The Morgan fingerprint density at radius 2 is 1.80 bits per heavy atom. The van der Waals surface area contributed by atoms with E-state index in [-0.39, 0.29) is 11.5 Å². The monoisotopic (exact) mass is 415 g/mol. The van der Waals surface area contributed by atoms with Gasteiger partial charge in [0.25, 0.3) is 0 Å². The molecule has 0 spiro atoms.